The largest absolute Gasteiger partial charge is 0.262 e. The predicted molar refractivity (Wildman–Crippen MR) is 140 cm³/mol. The molecule has 0 radical (unpaired) electrons. The molecule has 1 aliphatic carbocycles. The van der Waals surface area contributed by atoms with Gasteiger partial charge in [0.05, 0.1) is 0 Å². The number of hydrogen-bond donors (Lipinski definition) is 0. The summed E-state index contributed by atoms with van der Waals surface area (Å²) in [6.45, 7) is 16.9. The Labute approximate surface area is 204 Å². The van der Waals surface area contributed by atoms with E-state index >= 15 is 4.39 Å². The fraction of sp³-hybridized carbons (Fsp3) is 0.419. The van der Waals surface area contributed by atoms with Crippen LogP contribution in [-0.2, 0) is 25.7 Å². The number of fused-ring (bicyclic) bond motifs is 1. The number of allylic oxidation sites excluding steroid dienone is 1. The summed E-state index contributed by atoms with van der Waals surface area (Å²) in [5.74, 6) is 0.247. The van der Waals surface area contributed by atoms with Crippen LogP contribution in [0.4, 0.5) is 4.39 Å². The van der Waals surface area contributed by atoms with E-state index < -0.39 is 0 Å². The lowest BCUT2D eigenvalue weighted by Crippen LogP contribution is -2.13. The van der Waals surface area contributed by atoms with Crippen LogP contribution in [0.3, 0.4) is 0 Å². The molecule has 1 atom stereocenters. The quantitative estimate of drug-likeness (QED) is 0.353. The van der Waals surface area contributed by atoms with Crippen molar-refractivity contribution in [1.82, 2.24) is 9.97 Å². The first-order valence-electron chi connectivity index (χ1n) is 12.5. The molecule has 34 heavy (non-hydrogen) atoms. The third-order valence-corrected chi connectivity index (χ3v) is 7.44. The Balaban J connectivity index is 1.95. The van der Waals surface area contributed by atoms with Crippen molar-refractivity contribution in [3.05, 3.63) is 92.8 Å². The third kappa shape index (κ3) is 4.71. The van der Waals surface area contributed by atoms with Crippen molar-refractivity contribution in [2.75, 3.05) is 0 Å². The zero-order valence-electron chi connectivity index (χ0n) is 21.6. The molecule has 2 nitrogen and oxygen atoms in total. The highest BCUT2D eigenvalue weighted by Crippen LogP contribution is 2.40. The molecule has 1 aromatic carbocycles. The van der Waals surface area contributed by atoms with Crippen LogP contribution in [-0.4, -0.2) is 9.97 Å². The number of rotatable bonds is 6. The molecule has 2 heterocycles. The molecule has 0 saturated heterocycles. The lowest BCUT2D eigenvalue weighted by Gasteiger charge is -2.26. The minimum absolute atomic E-state index is 0.0487. The maximum Gasteiger partial charge on any atom is 0.127 e. The van der Waals surface area contributed by atoms with E-state index in [1.165, 1.54) is 33.4 Å². The Morgan fingerprint density at radius 3 is 2.38 bits per heavy atom. The zero-order valence-corrected chi connectivity index (χ0v) is 21.6. The molecule has 3 aromatic rings. The van der Waals surface area contributed by atoms with E-state index in [-0.39, 0.29) is 5.82 Å². The Hall–Kier alpha value is -2.81. The van der Waals surface area contributed by atoms with Crippen LogP contribution in [0.2, 0.25) is 0 Å². The maximum atomic E-state index is 15.5. The van der Waals surface area contributed by atoms with E-state index in [1.54, 1.807) is 6.07 Å². The van der Waals surface area contributed by atoms with Gasteiger partial charge in [-0.25, -0.2) is 4.39 Å². The van der Waals surface area contributed by atoms with Crippen molar-refractivity contribution in [3.63, 3.8) is 0 Å². The average molecular weight is 457 g/mol. The number of hydrogen-bond acceptors (Lipinski definition) is 2. The number of pyridine rings is 2. The van der Waals surface area contributed by atoms with Crippen LogP contribution >= 0.6 is 0 Å². The smallest absolute Gasteiger partial charge is 0.127 e. The van der Waals surface area contributed by atoms with Crippen LogP contribution in [0.15, 0.2) is 36.5 Å². The van der Waals surface area contributed by atoms with Gasteiger partial charge in [0.2, 0.25) is 0 Å². The van der Waals surface area contributed by atoms with Gasteiger partial charge >= 0.3 is 0 Å². The summed E-state index contributed by atoms with van der Waals surface area (Å²) in [6, 6.07) is 6.08. The normalized spacial score (nSPS) is 14.1. The molecular formula is C31H37FN2. The molecule has 0 bridgehead atoms. The minimum atomic E-state index is -0.0487. The fourth-order valence-corrected chi connectivity index (χ4v) is 5.65. The van der Waals surface area contributed by atoms with E-state index in [2.05, 4.69) is 58.3 Å². The Morgan fingerprint density at radius 2 is 1.71 bits per heavy atom. The highest BCUT2D eigenvalue weighted by atomic mass is 19.1. The first-order valence-corrected chi connectivity index (χ1v) is 12.5. The van der Waals surface area contributed by atoms with Gasteiger partial charge in [-0.15, -0.1) is 0 Å². The van der Waals surface area contributed by atoms with Crippen molar-refractivity contribution in [1.29, 1.82) is 0 Å². The van der Waals surface area contributed by atoms with E-state index in [0.29, 0.717) is 5.92 Å². The predicted octanol–water partition coefficient (Wildman–Crippen LogP) is 7.86. The summed E-state index contributed by atoms with van der Waals surface area (Å²) >= 11 is 0. The Morgan fingerprint density at radius 1 is 1.03 bits per heavy atom. The zero-order chi connectivity index (χ0) is 24.6. The molecule has 3 heteroatoms. The highest BCUT2D eigenvalue weighted by Gasteiger charge is 2.25. The molecule has 0 fully saturated rings. The standard InChI is InChI=1S/C31H37FN2/c1-18(2)14-28-22(6)34-23(7)29(15-19(3)24-12-13-33-20(4)16-24)31(28)27-17-30(32)26-11-9-8-10-25(26)21(27)5/h12-13,16-17,19H,1,8-11,14-15H2,2-7H3. The summed E-state index contributed by atoms with van der Waals surface area (Å²) in [7, 11) is 0. The van der Waals surface area contributed by atoms with Crippen LogP contribution in [0.1, 0.15) is 83.1 Å². The molecule has 1 aliphatic rings. The van der Waals surface area contributed by atoms with Crippen LogP contribution in [0, 0.1) is 33.5 Å². The third-order valence-electron chi connectivity index (χ3n) is 7.44. The molecule has 0 spiro atoms. The van der Waals surface area contributed by atoms with Gasteiger partial charge < -0.3 is 0 Å². The molecular weight excluding hydrogens is 419 g/mol. The Bertz CT molecular complexity index is 1260. The molecule has 0 N–H and O–H groups in total. The molecule has 4 rings (SSSR count). The van der Waals surface area contributed by atoms with Gasteiger partial charge in [0.15, 0.2) is 0 Å². The summed E-state index contributed by atoms with van der Waals surface area (Å²) in [4.78, 5) is 9.34. The molecule has 1 unspecified atom stereocenters. The van der Waals surface area contributed by atoms with Crippen molar-refractivity contribution in [2.45, 2.75) is 86.0 Å². The Kier molecular flexibility index (Phi) is 7.02. The monoisotopic (exact) mass is 456 g/mol. The summed E-state index contributed by atoms with van der Waals surface area (Å²) in [5, 5.41) is 0. The second-order valence-electron chi connectivity index (χ2n) is 10.3. The van der Waals surface area contributed by atoms with Gasteiger partial charge in [0.1, 0.15) is 5.82 Å². The highest BCUT2D eigenvalue weighted by molar-refractivity contribution is 5.77. The van der Waals surface area contributed by atoms with Gasteiger partial charge in [0.25, 0.3) is 0 Å². The molecule has 0 saturated carbocycles. The van der Waals surface area contributed by atoms with Crippen molar-refractivity contribution in [3.8, 4) is 11.1 Å². The fourth-order valence-electron chi connectivity index (χ4n) is 5.65. The first-order chi connectivity index (χ1) is 16.2. The maximum absolute atomic E-state index is 15.5. The number of nitrogens with zero attached hydrogens (tertiary/aromatic N) is 2. The van der Waals surface area contributed by atoms with Gasteiger partial charge in [-0.3, -0.25) is 9.97 Å². The van der Waals surface area contributed by atoms with E-state index in [0.717, 1.165) is 72.3 Å². The number of benzene rings is 1. The second kappa shape index (κ2) is 9.82. The molecule has 178 valence electrons. The van der Waals surface area contributed by atoms with Gasteiger partial charge in [-0.1, -0.05) is 19.1 Å². The summed E-state index contributed by atoms with van der Waals surface area (Å²) in [6.07, 6.45) is 7.51. The van der Waals surface area contributed by atoms with Crippen molar-refractivity contribution < 1.29 is 4.39 Å². The van der Waals surface area contributed by atoms with Gasteiger partial charge in [-0.2, -0.15) is 0 Å². The van der Waals surface area contributed by atoms with Gasteiger partial charge in [-0.05, 0) is 142 Å². The van der Waals surface area contributed by atoms with Crippen LogP contribution in [0.25, 0.3) is 11.1 Å². The topological polar surface area (TPSA) is 25.8 Å². The lowest BCUT2D eigenvalue weighted by atomic mass is 9.79. The minimum Gasteiger partial charge on any atom is -0.262 e. The van der Waals surface area contributed by atoms with E-state index in [9.17, 15) is 0 Å². The number of aromatic nitrogens is 2. The van der Waals surface area contributed by atoms with E-state index in [1.807, 2.05) is 13.1 Å². The number of halogens is 1. The van der Waals surface area contributed by atoms with Crippen LogP contribution in [0.5, 0.6) is 0 Å². The van der Waals surface area contributed by atoms with Crippen molar-refractivity contribution in [2.24, 2.45) is 0 Å². The molecule has 2 aromatic heterocycles. The van der Waals surface area contributed by atoms with Crippen LogP contribution < -0.4 is 0 Å². The lowest BCUT2D eigenvalue weighted by molar-refractivity contribution is 0.577. The molecule has 0 amide bonds. The van der Waals surface area contributed by atoms with Gasteiger partial charge in [0, 0.05) is 23.3 Å². The SMILES string of the molecule is C=C(C)Cc1c(C)nc(C)c(CC(C)c2ccnc(C)c2)c1-c1cc(F)c2c(c1C)CCCC2. The average Bonchev–Trinajstić information content (AvgIpc) is 2.79. The van der Waals surface area contributed by atoms with Crippen molar-refractivity contribution >= 4 is 0 Å². The first kappa shape index (κ1) is 24.3. The molecule has 0 aliphatic heterocycles. The van der Waals surface area contributed by atoms with E-state index in [4.69, 9.17) is 4.98 Å². The summed E-state index contributed by atoms with van der Waals surface area (Å²) in [5.41, 5.74) is 13.5. The second-order valence-corrected chi connectivity index (χ2v) is 10.3. The number of aryl methyl sites for hydroxylation is 3. The summed E-state index contributed by atoms with van der Waals surface area (Å²) < 4.78 is 15.5.